The van der Waals surface area contributed by atoms with Crippen molar-refractivity contribution in [3.8, 4) is 6.07 Å². The molecule has 0 amide bonds. The summed E-state index contributed by atoms with van der Waals surface area (Å²) in [6.07, 6.45) is 1.65. The molecule has 1 N–H and O–H groups in total. The second-order valence-electron chi connectivity index (χ2n) is 3.86. The zero-order valence-electron chi connectivity index (χ0n) is 10.2. The van der Waals surface area contributed by atoms with Crippen LogP contribution in [0, 0.1) is 18.3 Å². The summed E-state index contributed by atoms with van der Waals surface area (Å²) in [7, 11) is 0. The molecule has 0 unspecified atom stereocenters. The Hall–Kier alpha value is -0.930. The SMILES string of the molecule is Cc1c(Br)cnc(Cl)c1NSc1ccc(C#N)cc1Cl. The fourth-order valence-corrected chi connectivity index (χ4v) is 3.07. The third-order valence-electron chi connectivity index (χ3n) is 2.55. The van der Waals surface area contributed by atoms with Crippen molar-refractivity contribution in [2.24, 2.45) is 0 Å². The molecule has 7 heteroatoms. The molecule has 0 atom stereocenters. The molecule has 1 heterocycles. The summed E-state index contributed by atoms with van der Waals surface area (Å²) in [6.45, 7) is 1.93. The summed E-state index contributed by atoms with van der Waals surface area (Å²) in [6, 6.07) is 7.16. The molecule has 0 radical (unpaired) electrons. The first-order chi connectivity index (χ1) is 9.52. The maximum absolute atomic E-state index is 8.80. The Morgan fingerprint density at radius 3 is 2.80 bits per heavy atom. The van der Waals surface area contributed by atoms with Crippen LogP contribution in [0.2, 0.25) is 10.2 Å². The number of hydrogen-bond acceptors (Lipinski definition) is 4. The van der Waals surface area contributed by atoms with Gasteiger partial charge >= 0.3 is 0 Å². The van der Waals surface area contributed by atoms with E-state index in [9.17, 15) is 0 Å². The molecule has 0 fully saturated rings. The van der Waals surface area contributed by atoms with Gasteiger partial charge in [0.25, 0.3) is 0 Å². The number of halogens is 3. The quantitative estimate of drug-likeness (QED) is 0.560. The van der Waals surface area contributed by atoms with E-state index < -0.39 is 0 Å². The minimum atomic E-state index is 0.392. The highest BCUT2D eigenvalue weighted by Crippen LogP contribution is 2.34. The lowest BCUT2D eigenvalue weighted by molar-refractivity contribution is 1.26. The van der Waals surface area contributed by atoms with Crippen LogP contribution >= 0.6 is 51.1 Å². The van der Waals surface area contributed by atoms with Gasteiger partial charge in [-0.05, 0) is 58.6 Å². The molecule has 102 valence electrons. The summed E-state index contributed by atoms with van der Waals surface area (Å²) in [5.74, 6) is 0. The van der Waals surface area contributed by atoms with Crippen LogP contribution in [0.25, 0.3) is 0 Å². The van der Waals surface area contributed by atoms with Gasteiger partial charge in [-0.2, -0.15) is 5.26 Å². The van der Waals surface area contributed by atoms with Crippen molar-refractivity contribution in [3.05, 3.63) is 50.2 Å². The highest BCUT2D eigenvalue weighted by molar-refractivity contribution is 9.10. The third-order valence-corrected chi connectivity index (χ3v) is 4.95. The molecule has 0 aliphatic carbocycles. The predicted octanol–water partition coefficient (Wildman–Crippen LogP) is 5.45. The minimum Gasteiger partial charge on any atom is -0.323 e. The zero-order valence-corrected chi connectivity index (χ0v) is 14.2. The van der Waals surface area contributed by atoms with Gasteiger partial charge < -0.3 is 4.72 Å². The Morgan fingerprint density at radius 2 is 2.15 bits per heavy atom. The Kier molecular flexibility index (Phi) is 5.17. The normalized spacial score (nSPS) is 10.2. The number of rotatable bonds is 3. The average Bonchev–Trinajstić information content (AvgIpc) is 2.44. The van der Waals surface area contributed by atoms with E-state index in [2.05, 4.69) is 25.6 Å². The minimum absolute atomic E-state index is 0.392. The first kappa shape index (κ1) is 15.5. The number of hydrogen-bond donors (Lipinski definition) is 1. The van der Waals surface area contributed by atoms with E-state index in [0.717, 1.165) is 20.6 Å². The van der Waals surface area contributed by atoms with E-state index in [-0.39, 0.29) is 0 Å². The molecular weight excluding hydrogens is 381 g/mol. The van der Waals surface area contributed by atoms with Crippen molar-refractivity contribution in [2.45, 2.75) is 11.8 Å². The maximum Gasteiger partial charge on any atom is 0.153 e. The van der Waals surface area contributed by atoms with Crippen LogP contribution in [-0.2, 0) is 0 Å². The number of anilines is 1. The van der Waals surface area contributed by atoms with Crippen molar-refractivity contribution < 1.29 is 0 Å². The lowest BCUT2D eigenvalue weighted by atomic mass is 10.2. The molecule has 0 spiro atoms. The van der Waals surface area contributed by atoms with E-state index in [1.807, 2.05) is 13.0 Å². The molecule has 0 aliphatic rings. The summed E-state index contributed by atoms with van der Waals surface area (Å²) < 4.78 is 4.01. The second kappa shape index (κ2) is 6.68. The van der Waals surface area contributed by atoms with Gasteiger partial charge in [0.05, 0.1) is 22.3 Å². The Balaban J connectivity index is 2.22. The molecule has 20 heavy (non-hydrogen) atoms. The third kappa shape index (κ3) is 3.39. The molecule has 0 saturated carbocycles. The molecule has 1 aromatic carbocycles. The maximum atomic E-state index is 8.80. The van der Waals surface area contributed by atoms with Gasteiger partial charge in [-0.3, -0.25) is 0 Å². The number of aromatic nitrogens is 1. The summed E-state index contributed by atoms with van der Waals surface area (Å²) in [4.78, 5) is 4.87. The van der Waals surface area contributed by atoms with Gasteiger partial charge in [-0.1, -0.05) is 23.2 Å². The predicted molar refractivity (Wildman–Crippen MR) is 87.3 cm³/mol. The molecule has 2 aromatic rings. The highest BCUT2D eigenvalue weighted by Gasteiger charge is 2.10. The first-order valence-electron chi connectivity index (χ1n) is 5.46. The van der Waals surface area contributed by atoms with Gasteiger partial charge in [-0.25, -0.2) is 4.98 Å². The Morgan fingerprint density at radius 1 is 1.40 bits per heavy atom. The molecule has 0 saturated heterocycles. The number of benzene rings is 1. The largest absolute Gasteiger partial charge is 0.323 e. The van der Waals surface area contributed by atoms with Gasteiger partial charge in [0.1, 0.15) is 0 Å². The Bertz CT molecular complexity index is 701. The van der Waals surface area contributed by atoms with E-state index in [0.29, 0.717) is 15.7 Å². The van der Waals surface area contributed by atoms with Crippen LogP contribution in [-0.4, -0.2) is 4.98 Å². The van der Waals surface area contributed by atoms with E-state index >= 15 is 0 Å². The number of nitrogens with one attached hydrogen (secondary N) is 1. The van der Waals surface area contributed by atoms with Crippen LogP contribution in [0.4, 0.5) is 5.69 Å². The van der Waals surface area contributed by atoms with Crippen molar-refractivity contribution in [2.75, 3.05) is 4.72 Å². The summed E-state index contributed by atoms with van der Waals surface area (Å²) >= 11 is 16.9. The van der Waals surface area contributed by atoms with E-state index in [1.54, 1.807) is 24.4 Å². The lowest BCUT2D eigenvalue weighted by Crippen LogP contribution is -1.95. The van der Waals surface area contributed by atoms with Gasteiger partial charge in [0.15, 0.2) is 5.15 Å². The highest BCUT2D eigenvalue weighted by atomic mass is 79.9. The number of nitrogens with zero attached hydrogens (tertiary/aromatic N) is 2. The van der Waals surface area contributed by atoms with Gasteiger partial charge in [-0.15, -0.1) is 0 Å². The fourth-order valence-electron chi connectivity index (χ4n) is 1.43. The van der Waals surface area contributed by atoms with Gasteiger partial charge in [0.2, 0.25) is 0 Å². The van der Waals surface area contributed by atoms with Crippen molar-refractivity contribution in [1.82, 2.24) is 4.98 Å². The van der Waals surface area contributed by atoms with Crippen LogP contribution in [0.1, 0.15) is 11.1 Å². The second-order valence-corrected chi connectivity index (χ2v) is 6.33. The van der Waals surface area contributed by atoms with Crippen molar-refractivity contribution in [3.63, 3.8) is 0 Å². The lowest BCUT2D eigenvalue weighted by Gasteiger charge is -2.12. The van der Waals surface area contributed by atoms with Crippen molar-refractivity contribution in [1.29, 1.82) is 5.26 Å². The Labute approximate surface area is 139 Å². The average molecular weight is 389 g/mol. The van der Waals surface area contributed by atoms with E-state index in [4.69, 9.17) is 28.5 Å². The molecular formula is C13H8BrCl2N3S. The smallest absolute Gasteiger partial charge is 0.153 e. The monoisotopic (exact) mass is 387 g/mol. The standard InChI is InChI=1S/C13H8BrCl2N3S/c1-7-9(14)6-18-13(16)12(7)19-20-11-3-2-8(5-17)4-10(11)15/h2-4,6,19H,1H3. The number of pyridine rings is 1. The molecule has 0 aliphatic heterocycles. The molecule has 3 nitrogen and oxygen atoms in total. The van der Waals surface area contributed by atoms with Crippen LogP contribution in [0.5, 0.6) is 0 Å². The van der Waals surface area contributed by atoms with Crippen molar-refractivity contribution >= 4 is 56.8 Å². The fraction of sp³-hybridized carbons (Fsp3) is 0.0769. The molecule has 2 rings (SSSR count). The molecule has 1 aromatic heterocycles. The van der Waals surface area contributed by atoms with E-state index in [1.165, 1.54) is 11.9 Å². The zero-order chi connectivity index (χ0) is 14.7. The number of nitriles is 1. The van der Waals surface area contributed by atoms with Crippen LogP contribution in [0.3, 0.4) is 0 Å². The summed E-state index contributed by atoms with van der Waals surface area (Å²) in [5, 5.41) is 9.71. The van der Waals surface area contributed by atoms with Crippen LogP contribution < -0.4 is 4.72 Å². The van der Waals surface area contributed by atoms with Crippen LogP contribution in [0.15, 0.2) is 33.8 Å². The molecule has 0 bridgehead atoms. The van der Waals surface area contributed by atoms with Gasteiger partial charge in [0, 0.05) is 15.6 Å². The summed E-state index contributed by atoms with van der Waals surface area (Å²) in [5.41, 5.74) is 2.21. The first-order valence-corrected chi connectivity index (χ1v) is 7.82. The topological polar surface area (TPSA) is 48.7 Å².